The minimum absolute atomic E-state index is 0.255. The third kappa shape index (κ3) is 4.05. The standard InChI is InChI=1S/C16H15N5O4S/c17-26(24,25)16-9-13(8-15(10-16)21(22)23)18-11-12-6-7-20(19-12)14-4-2-1-3-5-14/h1-10,18H,11H2,(H2,17,24,25). The van der Waals surface area contributed by atoms with Gasteiger partial charge in [-0.15, -0.1) is 0 Å². The molecular formula is C16H15N5O4S. The molecule has 0 amide bonds. The smallest absolute Gasteiger partial charge is 0.272 e. The van der Waals surface area contributed by atoms with Crippen LogP contribution in [-0.4, -0.2) is 23.1 Å². The first-order valence-electron chi connectivity index (χ1n) is 7.49. The predicted octanol–water partition coefficient (Wildman–Crippen LogP) is 2.04. The summed E-state index contributed by atoms with van der Waals surface area (Å²) >= 11 is 0. The van der Waals surface area contributed by atoms with Gasteiger partial charge in [0.2, 0.25) is 10.0 Å². The number of nitrogens with zero attached hydrogens (tertiary/aromatic N) is 3. The molecule has 0 aliphatic carbocycles. The summed E-state index contributed by atoms with van der Waals surface area (Å²) in [7, 11) is -4.06. The Kier molecular flexibility index (Phi) is 4.69. The number of non-ortho nitro benzene ring substituents is 1. The summed E-state index contributed by atoms with van der Waals surface area (Å²) in [5.41, 5.74) is 1.47. The fourth-order valence-corrected chi connectivity index (χ4v) is 2.90. The second kappa shape index (κ2) is 6.94. The molecule has 0 spiro atoms. The molecule has 26 heavy (non-hydrogen) atoms. The summed E-state index contributed by atoms with van der Waals surface area (Å²) in [4.78, 5) is 9.99. The van der Waals surface area contributed by atoms with Gasteiger partial charge in [0, 0.05) is 24.0 Å². The molecule has 0 aliphatic heterocycles. The number of rotatable bonds is 6. The van der Waals surface area contributed by atoms with E-state index in [2.05, 4.69) is 10.4 Å². The van der Waals surface area contributed by atoms with Crippen LogP contribution >= 0.6 is 0 Å². The Hall–Kier alpha value is -3.24. The van der Waals surface area contributed by atoms with Crippen molar-refractivity contribution in [2.45, 2.75) is 11.4 Å². The summed E-state index contributed by atoms with van der Waals surface area (Å²) in [6.45, 7) is 0.255. The zero-order valence-electron chi connectivity index (χ0n) is 13.4. The second-order valence-electron chi connectivity index (χ2n) is 5.46. The molecule has 3 N–H and O–H groups in total. The van der Waals surface area contributed by atoms with Crippen LogP contribution in [0.15, 0.2) is 65.7 Å². The Morgan fingerprint density at radius 2 is 1.88 bits per heavy atom. The van der Waals surface area contributed by atoms with Crippen molar-refractivity contribution in [3.8, 4) is 5.69 Å². The molecule has 0 unspecified atom stereocenters. The van der Waals surface area contributed by atoms with Crippen LogP contribution in [0.5, 0.6) is 0 Å². The van der Waals surface area contributed by atoms with Crippen LogP contribution in [0.2, 0.25) is 0 Å². The molecule has 10 heteroatoms. The van der Waals surface area contributed by atoms with Crippen LogP contribution in [0.4, 0.5) is 11.4 Å². The minimum Gasteiger partial charge on any atom is -0.379 e. The first-order valence-corrected chi connectivity index (χ1v) is 9.04. The number of hydrogen-bond donors (Lipinski definition) is 2. The van der Waals surface area contributed by atoms with E-state index in [4.69, 9.17) is 5.14 Å². The lowest BCUT2D eigenvalue weighted by atomic mass is 10.2. The number of hydrogen-bond acceptors (Lipinski definition) is 6. The fourth-order valence-electron chi connectivity index (χ4n) is 2.33. The third-order valence-corrected chi connectivity index (χ3v) is 4.46. The molecule has 3 aromatic rings. The monoisotopic (exact) mass is 373 g/mol. The molecule has 2 aromatic carbocycles. The highest BCUT2D eigenvalue weighted by molar-refractivity contribution is 7.89. The number of aromatic nitrogens is 2. The lowest BCUT2D eigenvalue weighted by Gasteiger charge is -2.07. The van der Waals surface area contributed by atoms with Gasteiger partial charge >= 0.3 is 0 Å². The molecule has 134 valence electrons. The van der Waals surface area contributed by atoms with Crippen molar-refractivity contribution in [2.24, 2.45) is 5.14 Å². The number of nitrogens with two attached hydrogens (primary N) is 1. The van der Waals surface area contributed by atoms with Crippen LogP contribution in [0.3, 0.4) is 0 Å². The Labute approximate surface area is 149 Å². The Morgan fingerprint density at radius 1 is 1.15 bits per heavy atom. The SMILES string of the molecule is NS(=O)(=O)c1cc(NCc2ccn(-c3ccccc3)n2)cc([N+](=O)[O-])c1. The zero-order chi connectivity index (χ0) is 18.7. The van der Waals surface area contributed by atoms with E-state index in [0.717, 1.165) is 11.8 Å². The van der Waals surface area contributed by atoms with E-state index in [-0.39, 0.29) is 22.8 Å². The number of nitro benzene ring substituents is 1. The normalized spacial score (nSPS) is 11.3. The van der Waals surface area contributed by atoms with Crippen molar-refractivity contribution < 1.29 is 13.3 Å². The maximum Gasteiger partial charge on any atom is 0.272 e. The maximum absolute atomic E-state index is 11.5. The van der Waals surface area contributed by atoms with Crippen molar-refractivity contribution in [3.63, 3.8) is 0 Å². The van der Waals surface area contributed by atoms with Gasteiger partial charge in [-0.25, -0.2) is 18.2 Å². The van der Waals surface area contributed by atoms with E-state index >= 15 is 0 Å². The number of anilines is 1. The molecule has 0 fully saturated rings. The number of benzene rings is 2. The largest absolute Gasteiger partial charge is 0.379 e. The van der Waals surface area contributed by atoms with Crippen LogP contribution < -0.4 is 10.5 Å². The zero-order valence-corrected chi connectivity index (χ0v) is 14.3. The van der Waals surface area contributed by atoms with Crippen molar-refractivity contribution >= 4 is 21.4 Å². The van der Waals surface area contributed by atoms with Crippen molar-refractivity contribution in [2.75, 3.05) is 5.32 Å². The topological polar surface area (TPSA) is 133 Å². The van der Waals surface area contributed by atoms with Gasteiger partial charge in [-0.2, -0.15) is 5.10 Å². The van der Waals surface area contributed by atoms with Gasteiger partial charge in [-0.05, 0) is 24.3 Å². The third-order valence-electron chi connectivity index (χ3n) is 3.57. The van der Waals surface area contributed by atoms with Crippen molar-refractivity contribution in [1.29, 1.82) is 0 Å². The molecule has 9 nitrogen and oxygen atoms in total. The first kappa shape index (κ1) is 17.6. The van der Waals surface area contributed by atoms with Crippen LogP contribution in [0, 0.1) is 10.1 Å². The lowest BCUT2D eigenvalue weighted by molar-refractivity contribution is -0.385. The molecule has 0 saturated heterocycles. The fraction of sp³-hybridized carbons (Fsp3) is 0.0625. The van der Waals surface area contributed by atoms with E-state index in [9.17, 15) is 18.5 Å². The predicted molar refractivity (Wildman–Crippen MR) is 95.4 cm³/mol. The van der Waals surface area contributed by atoms with Crippen LogP contribution in [0.25, 0.3) is 5.69 Å². The highest BCUT2D eigenvalue weighted by Crippen LogP contribution is 2.23. The molecule has 1 aromatic heterocycles. The highest BCUT2D eigenvalue weighted by atomic mass is 32.2. The van der Waals surface area contributed by atoms with Gasteiger partial charge in [0.1, 0.15) is 0 Å². The number of nitrogens with one attached hydrogen (secondary N) is 1. The van der Waals surface area contributed by atoms with Crippen molar-refractivity contribution in [1.82, 2.24) is 9.78 Å². The Balaban J connectivity index is 1.81. The number of nitro groups is 1. The van der Waals surface area contributed by atoms with Gasteiger partial charge < -0.3 is 5.32 Å². The van der Waals surface area contributed by atoms with Gasteiger partial charge in [0.05, 0.1) is 27.7 Å². The molecule has 0 bridgehead atoms. The summed E-state index contributed by atoms with van der Waals surface area (Å²) in [5.74, 6) is 0. The van der Waals surface area contributed by atoms with E-state index < -0.39 is 14.9 Å². The van der Waals surface area contributed by atoms with E-state index in [1.165, 1.54) is 12.1 Å². The average Bonchev–Trinajstić information content (AvgIpc) is 3.09. The molecule has 0 aliphatic rings. The quantitative estimate of drug-likeness (QED) is 0.502. The van der Waals surface area contributed by atoms with Gasteiger partial charge in [0.25, 0.3) is 5.69 Å². The minimum atomic E-state index is -4.06. The average molecular weight is 373 g/mol. The lowest BCUT2D eigenvalue weighted by Crippen LogP contribution is -2.13. The summed E-state index contributed by atoms with van der Waals surface area (Å²) in [6, 6.07) is 14.7. The molecule has 0 atom stereocenters. The molecule has 0 saturated carbocycles. The number of primary sulfonamides is 1. The number of sulfonamides is 1. The van der Waals surface area contributed by atoms with Gasteiger partial charge in [0.15, 0.2) is 0 Å². The second-order valence-corrected chi connectivity index (χ2v) is 7.02. The summed E-state index contributed by atoms with van der Waals surface area (Å²) < 4.78 is 24.7. The molecule has 0 radical (unpaired) electrons. The van der Waals surface area contributed by atoms with Gasteiger partial charge in [-0.3, -0.25) is 10.1 Å². The number of para-hydroxylation sites is 1. The highest BCUT2D eigenvalue weighted by Gasteiger charge is 2.16. The first-order chi connectivity index (χ1) is 12.3. The molecular weight excluding hydrogens is 358 g/mol. The molecule has 3 rings (SSSR count). The van der Waals surface area contributed by atoms with E-state index in [1.54, 1.807) is 16.9 Å². The molecule has 1 heterocycles. The Morgan fingerprint density at radius 3 is 2.54 bits per heavy atom. The van der Waals surface area contributed by atoms with Gasteiger partial charge in [-0.1, -0.05) is 18.2 Å². The van der Waals surface area contributed by atoms with Crippen LogP contribution in [-0.2, 0) is 16.6 Å². The Bertz CT molecular complexity index is 1050. The van der Waals surface area contributed by atoms with E-state index in [0.29, 0.717) is 5.69 Å². The summed E-state index contributed by atoms with van der Waals surface area (Å²) in [5, 5.41) is 23.4. The summed E-state index contributed by atoms with van der Waals surface area (Å²) in [6.07, 6.45) is 1.79. The maximum atomic E-state index is 11.5. The van der Waals surface area contributed by atoms with Crippen LogP contribution in [0.1, 0.15) is 5.69 Å². The van der Waals surface area contributed by atoms with E-state index in [1.807, 2.05) is 30.3 Å². The van der Waals surface area contributed by atoms with Crippen molar-refractivity contribution in [3.05, 3.63) is 76.6 Å².